The maximum Gasteiger partial charge on any atom is 0.337 e. The number of aromatic carboxylic acids is 1. The molecule has 0 saturated carbocycles. The van der Waals surface area contributed by atoms with Gasteiger partial charge < -0.3 is 9.67 Å². The predicted molar refractivity (Wildman–Crippen MR) is 97.8 cm³/mol. The molecule has 0 bridgehead atoms. The highest BCUT2D eigenvalue weighted by molar-refractivity contribution is 6.33. The van der Waals surface area contributed by atoms with E-state index in [9.17, 15) is 4.79 Å². The third-order valence-corrected chi connectivity index (χ3v) is 3.97. The van der Waals surface area contributed by atoms with Gasteiger partial charge in [0.25, 0.3) is 0 Å². The molecule has 0 fully saturated rings. The SMILES string of the molecule is CC(=NNc1ccc(Cl)c(C(=O)O)c1)c1ccc(-n2ccnc2)cc1. The zero-order chi connectivity index (χ0) is 17.8. The highest BCUT2D eigenvalue weighted by Gasteiger charge is 2.09. The number of benzene rings is 2. The number of carbonyl (C=O) groups is 1. The number of nitrogens with zero attached hydrogens (tertiary/aromatic N) is 3. The first-order valence-electron chi connectivity index (χ1n) is 7.46. The first kappa shape index (κ1) is 16.7. The molecule has 0 aliphatic rings. The van der Waals surface area contributed by atoms with Crippen LogP contribution in [0.15, 0.2) is 66.3 Å². The van der Waals surface area contributed by atoms with Gasteiger partial charge in [-0.2, -0.15) is 5.10 Å². The van der Waals surface area contributed by atoms with Gasteiger partial charge in [-0.25, -0.2) is 9.78 Å². The molecular weight excluding hydrogens is 340 g/mol. The molecule has 0 radical (unpaired) electrons. The summed E-state index contributed by atoms with van der Waals surface area (Å²) >= 11 is 5.86. The molecule has 126 valence electrons. The number of carboxylic acids is 1. The molecule has 3 rings (SSSR count). The average molecular weight is 355 g/mol. The van der Waals surface area contributed by atoms with Gasteiger partial charge in [-0.1, -0.05) is 23.7 Å². The zero-order valence-electron chi connectivity index (χ0n) is 13.3. The first-order valence-corrected chi connectivity index (χ1v) is 7.84. The lowest BCUT2D eigenvalue weighted by Gasteiger charge is -2.07. The van der Waals surface area contributed by atoms with Crippen LogP contribution in [0, 0.1) is 0 Å². The first-order chi connectivity index (χ1) is 12.0. The van der Waals surface area contributed by atoms with Crippen molar-refractivity contribution in [3.63, 3.8) is 0 Å². The van der Waals surface area contributed by atoms with Gasteiger partial charge in [-0.15, -0.1) is 0 Å². The molecule has 0 amide bonds. The summed E-state index contributed by atoms with van der Waals surface area (Å²) in [6, 6.07) is 12.5. The Hall–Kier alpha value is -3.12. The monoisotopic (exact) mass is 354 g/mol. The highest BCUT2D eigenvalue weighted by Crippen LogP contribution is 2.20. The van der Waals surface area contributed by atoms with E-state index < -0.39 is 5.97 Å². The maximum atomic E-state index is 11.1. The third-order valence-electron chi connectivity index (χ3n) is 3.64. The summed E-state index contributed by atoms with van der Waals surface area (Å²) in [4.78, 5) is 15.1. The van der Waals surface area contributed by atoms with Crippen LogP contribution >= 0.6 is 11.6 Å². The fourth-order valence-electron chi connectivity index (χ4n) is 2.26. The van der Waals surface area contributed by atoms with Crippen molar-refractivity contribution in [1.29, 1.82) is 0 Å². The molecule has 0 aliphatic carbocycles. The minimum atomic E-state index is -1.08. The Morgan fingerprint density at radius 2 is 2.00 bits per heavy atom. The molecule has 1 heterocycles. The van der Waals surface area contributed by atoms with E-state index in [1.54, 1.807) is 18.6 Å². The molecule has 1 aromatic heterocycles. The highest BCUT2D eigenvalue weighted by atomic mass is 35.5. The Morgan fingerprint density at radius 1 is 1.24 bits per heavy atom. The van der Waals surface area contributed by atoms with Gasteiger partial charge in [-0.05, 0) is 42.8 Å². The summed E-state index contributed by atoms with van der Waals surface area (Å²) in [5.41, 5.74) is 6.16. The second kappa shape index (κ2) is 7.19. The number of nitrogens with one attached hydrogen (secondary N) is 1. The van der Waals surface area contributed by atoms with Crippen LogP contribution in [0.3, 0.4) is 0 Å². The van der Waals surface area contributed by atoms with Crippen LogP contribution in [-0.2, 0) is 0 Å². The number of hydrogen-bond donors (Lipinski definition) is 2. The van der Waals surface area contributed by atoms with E-state index in [-0.39, 0.29) is 10.6 Å². The molecule has 25 heavy (non-hydrogen) atoms. The number of aromatic nitrogens is 2. The van der Waals surface area contributed by atoms with E-state index >= 15 is 0 Å². The van der Waals surface area contributed by atoms with Gasteiger partial charge in [0.2, 0.25) is 0 Å². The lowest BCUT2D eigenvalue weighted by molar-refractivity contribution is 0.0697. The number of halogens is 1. The van der Waals surface area contributed by atoms with Crippen molar-refractivity contribution in [1.82, 2.24) is 9.55 Å². The van der Waals surface area contributed by atoms with E-state index in [2.05, 4.69) is 15.5 Å². The second-order valence-corrected chi connectivity index (χ2v) is 5.73. The van der Waals surface area contributed by atoms with Crippen LogP contribution in [0.5, 0.6) is 0 Å². The zero-order valence-corrected chi connectivity index (χ0v) is 14.1. The van der Waals surface area contributed by atoms with Gasteiger partial charge in [0.05, 0.1) is 28.3 Å². The minimum absolute atomic E-state index is 0.0317. The molecule has 7 heteroatoms. The molecule has 3 aromatic rings. The Labute approximate surface area is 149 Å². The van der Waals surface area contributed by atoms with Gasteiger partial charge in [0.1, 0.15) is 0 Å². The van der Waals surface area contributed by atoms with Crippen molar-refractivity contribution in [3.05, 3.63) is 77.3 Å². The standard InChI is InChI=1S/C18H15ClN4O2/c1-12(13-2-5-15(6-3-13)23-9-8-20-11-23)21-22-14-4-7-17(19)16(10-14)18(24)25/h2-11,22H,1H3,(H,24,25). The van der Waals surface area contributed by atoms with Crippen LogP contribution in [-0.4, -0.2) is 26.3 Å². The quantitative estimate of drug-likeness (QED) is 0.535. The van der Waals surface area contributed by atoms with Crippen molar-refractivity contribution in [3.8, 4) is 5.69 Å². The fourth-order valence-corrected chi connectivity index (χ4v) is 2.46. The third kappa shape index (κ3) is 3.87. The van der Waals surface area contributed by atoms with Crippen LogP contribution in [0.2, 0.25) is 5.02 Å². The summed E-state index contributed by atoms with van der Waals surface area (Å²) < 4.78 is 1.91. The smallest absolute Gasteiger partial charge is 0.337 e. The van der Waals surface area contributed by atoms with E-state index in [0.29, 0.717) is 5.69 Å². The lowest BCUT2D eigenvalue weighted by atomic mass is 10.1. The molecule has 6 nitrogen and oxygen atoms in total. The Balaban J connectivity index is 1.76. The molecule has 2 N–H and O–H groups in total. The molecule has 0 unspecified atom stereocenters. The summed E-state index contributed by atoms with van der Waals surface area (Å²) in [6.45, 7) is 1.87. The summed E-state index contributed by atoms with van der Waals surface area (Å²) in [5, 5.41) is 13.6. The van der Waals surface area contributed by atoms with E-state index in [4.69, 9.17) is 16.7 Å². The maximum absolute atomic E-state index is 11.1. The van der Waals surface area contributed by atoms with Crippen molar-refractivity contribution in [2.45, 2.75) is 6.92 Å². The van der Waals surface area contributed by atoms with Crippen molar-refractivity contribution < 1.29 is 9.90 Å². The van der Waals surface area contributed by atoms with Crippen molar-refractivity contribution in [2.24, 2.45) is 5.10 Å². The number of carboxylic acid groups (broad SMARTS) is 1. The van der Waals surface area contributed by atoms with Gasteiger partial charge in [-0.3, -0.25) is 5.43 Å². The minimum Gasteiger partial charge on any atom is -0.478 e. The van der Waals surface area contributed by atoms with Crippen LogP contribution < -0.4 is 5.43 Å². The van der Waals surface area contributed by atoms with Crippen molar-refractivity contribution >= 4 is 29.0 Å². The lowest BCUT2D eigenvalue weighted by Crippen LogP contribution is -2.02. The van der Waals surface area contributed by atoms with Crippen LogP contribution in [0.25, 0.3) is 5.69 Å². The van der Waals surface area contributed by atoms with Gasteiger partial charge in [0.15, 0.2) is 0 Å². The Bertz CT molecular complexity index is 919. The van der Waals surface area contributed by atoms with E-state index in [1.165, 1.54) is 12.1 Å². The topological polar surface area (TPSA) is 79.5 Å². The molecular formula is C18H15ClN4O2. The Kier molecular flexibility index (Phi) is 4.81. The number of hydrazone groups is 1. The summed E-state index contributed by atoms with van der Waals surface area (Å²) in [7, 11) is 0. The van der Waals surface area contributed by atoms with Crippen molar-refractivity contribution in [2.75, 3.05) is 5.43 Å². The molecule has 0 atom stereocenters. The second-order valence-electron chi connectivity index (χ2n) is 5.33. The molecule has 2 aromatic carbocycles. The number of hydrogen-bond acceptors (Lipinski definition) is 4. The number of imidazole rings is 1. The average Bonchev–Trinajstić information content (AvgIpc) is 3.15. The fraction of sp³-hybridized carbons (Fsp3) is 0.0556. The Morgan fingerprint density at radius 3 is 2.64 bits per heavy atom. The van der Waals surface area contributed by atoms with Gasteiger partial charge in [0, 0.05) is 18.1 Å². The summed E-state index contributed by atoms with van der Waals surface area (Å²) in [5.74, 6) is -1.08. The summed E-state index contributed by atoms with van der Waals surface area (Å²) in [6.07, 6.45) is 5.33. The molecule has 0 spiro atoms. The normalized spacial score (nSPS) is 11.4. The molecule has 0 aliphatic heterocycles. The predicted octanol–water partition coefficient (Wildman–Crippen LogP) is 4.06. The molecule has 0 saturated heterocycles. The number of anilines is 1. The largest absolute Gasteiger partial charge is 0.478 e. The van der Waals surface area contributed by atoms with E-state index in [1.807, 2.05) is 42.0 Å². The van der Waals surface area contributed by atoms with E-state index in [0.717, 1.165) is 17.0 Å². The van der Waals surface area contributed by atoms with Crippen LogP contribution in [0.1, 0.15) is 22.8 Å². The van der Waals surface area contributed by atoms with Crippen LogP contribution in [0.4, 0.5) is 5.69 Å². The van der Waals surface area contributed by atoms with Gasteiger partial charge >= 0.3 is 5.97 Å². The number of rotatable bonds is 5.